The van der Waals surface area contributed by atoms with Crippen LogP contribution in [0.2, 0.25) is 4.34 Å². The van der Waals surface area contributed by atoms with Gasteiger partial charge < -0.3 is 5.11 Å². The van der Waals surface area contributed by atoms with Crippen LogP contribution in [0.3, 0.4) is 0 Å². The molecule has 0 saturated heterocycles. The van der Waals surface area contributed by atoms with Crippen LogP contribution in [-0.2, 0) is 0 Å². The van der Waals surface area contributed by atoms with E-state index in [1.54, 1.807) is 6.07 Å². The predicted octanol–water partition coefficient (Wildman–Crippen LogP) is 2.66. The maximum atomic E-state index is 10.5. The first-order valence-corrected chi connectivity index (χ1v) is 5.83. The number of carbonyl (C=O) groups is 1. The number of hydrogen-bond donors (Lipinski definition) is 1. The Hall–Kier alpha value is -0.820. The second kappa shape index (κ2) is 4.36. The summed E-state index contributed by atoms with van der Waals surface area (Å²) >= 11 is 7.04. The summed E-state index contributed by atoms with van der Waals surface area (Å²) in [6.07, 6.45) is 2.09. The normalized spacial score (nSPS) is 16.7. The van der Waals surface area contributed by atoms with E-state index in [0.717, 1.165) is 30.5 Å². The molecular formula is C11H9ClO2S. The minimum atomic E-state index is -0.872. The van der Waals surface area contributed by atoms with E-state index in [-0.39, 0.29) is 0 Å². The third-order valence-electron chi connectivity index (χ3n) is 2.14. The van der Waals surface area contributed by atoms with Crippen LogP contribution in [0, 0.1) is 17.8 Å². The van der Waals surface area contributed by atoms with Crippen molar-refractivity contribution in [3.05, 3.63) is 20.8 Å². The molecule has 1 atom stereocenters. The lowest BCUT2D eigenvalue weighted by molar-refractivity contribution is 0.112. The monoisotopic (exact) mass is 240 g/mol. The average Bonchev–Trinajstić information content (AvgIpc) is 2.97. The van der Waals surface area contributed by atoms with Gasteiger partial charge in [0.15, 0.2) is 6.29 Å². The van der Waals surface area contributed by atoms with Gasteiger partial charge in [0, 0.05) is 11.5 Å². The first-order chi connectivity index (χ1) is 7.20. The minimum absolute atomic E-state index is 0.440. The number of aliphatic hydroxyl groups excluding tert-OH is 1. The molecule has 0 radical (unpaired) electrons. The number of aliphatic hydroxyl groups is 1. The molecule has 15 heavy (non-hydrogen) atoms. The summed E-state index contributed by atoms with van der Waals surface area (Å²) in [6.45, 7) is 0. The van der Waals surface area contributed by atoms with Crippen LogP contribution >= 0.6 is 22.9 Å². The molecule has 1 heterocycles. The molecule has 2 rings (SSSR count). The highest BCUT2D eigenvalue weighted by molar-refractivity contribution is 7.17. The van der Waals surface area contributed by atoms with Gasteiger partial charge in [0.2, 0.25) is 0 Å². The molecule has 1 aromatic heterocycles. The van der Waals surface area contributed by atoms with Gasteiger partial charge in [0.1, 0.15) is 10.4 Å². The van der Waals surface area contributed by atoms with Gasteiger partial charge in [-0.15, -0.1) is 11.3 Å². The van der Waals surface area contributed by atoms with Crippen LogP contribution in [0.4, 0.5) is 0 Å². The Morgan fingerprint density at radius 3 is 2.93 bits per heavy atom. The fourth-order valence-corrected chi connectivity index (χ4v) is 2.30. The minimum Gasteiger partial charge on any atom is -0.376 e. The summed E-state index contributed by atoms with van der Waals surface area (Å²) in [5.41, 5.74) is 0.539. The van der Waals surface area contributed by atoms with Gasteiger partial charge in [0.05, 0.1) is 4.88 Å². The highest BCUT2D eigenvalue weighted by atomic mass is 35.5. The van der Waals surface area contributed by atoms with Crippen LogP contribution in [0.1, 0.15) is 34.2 Å². The maximum Gasteiger partial charge on any atom is 0.160 e. The van der Waals surface area contributed by atoms with Crippen molar-refractivity contribution in [1.82, 2.24) is 0 Å². The first kappa shape index (κ1) is 10.7. The first-order valence-electron chi connectivity index (χ1n) is 4.64. The van der Waals surface area contributed by atoms with Crippen molar-refractivity contribution in [1.29, 1.82) is 0 Å². The van der Waals surface area contributed by atoms with Gasteiger partial charge in [-0.2, -0.15) is 0 Å². The number of aldehydes is 1. The Morgan fingerprint density at radius 1 is 1.67 bits per heavy atom. The molecular weight excluding hydrogens is 232 g/mol. The number of halogens is 1. The topological polar surface area (TPSA) is 37.3 Å². The fourth-order valence-electron chi connectivity index (χ4n) is 1.15. The molecule has 1 aliphatic rings. The zero-order valence-electron chi connectivity index (χ0n) is 7.87. The summed E-state index contributed by atoms with van der Waals surface area (Å²) in [6, 6.07) is 1.59. The summed E-state index contributed by atoms with van der Waals surface area (Å²) < 4.78 is 0.440. The number of thiophene rings is 1. The zero-order valence-corrected chi connectivity index (χ0v) is 9.44. The smallest absolute Gasteiger partial charge is 0.160 e. The van der Waals surface area contributed by atoms with E-state index in [2.05, 4.69) is 11.8 Å². The second-order valence-electron chi connectivity index (χ2n) is 3.46. The lowest BCUT2D eigenvalue weighted by Crippen LogP contribution is -1.91. The predicted molar refractivity (Wildman–Crippen MR) is 60.2 cm³/mol. The molecule has 1 saturated carbocycles. The summed E-state index contributed by atoms with van der Waals surface area (Å²) in [5.74, 6) is 6.16. The SMILES string of the molecule is O=Cc1cc([C@@H](O)C#CC2CC2)c(Cl)s1. The molecule has 0 aliphatic heterocycles. The Balaban J connectivity index is 2.17. The molecule has 1 aliphatic carbocycles. The lowest BCUT2D eigenvalue weighted by Gasteiger charge is -1.99. The number of carbonyl (C=O) groups excluding carboxylic acids is 1. The van der Waals surface area contributed by atoms with E-state index in [4.69, 9.17) is 11.6 Å². The third-order valence-corrected chi connectivity index (χ3v) is 3.46. The zero-order chi connectivity index (χ0) is 10.8. The van der Waals surface area contributed by atoms with Crippen molar-refractivity contribution in [3.63, 3.8) is 0 Å². The molecule has 2 nitrogen and oxygen atoms in total. The molecule has 0 spiro atoms. The average molecular weight is 241 g/mol. The summed E-state index contributed by atoms with van der Waals surface area (Å²) in [4.78, 5) is 11.0. The van der Waals surface area contributed by atoms with Crippen molar-refractivity contribution < 1.29 is 9.90 Å². The molecule has 0 unspecified atom stereocenters. The molecule has 0 bridgehead atoms. The molecule has 0 aromatic carbocycles. The Bertz CT molecular complexity index is 437. The Morgan fingerprint density at radius 2 is 2.40 bits per heavy atom. The number of hydrogen-bond acceptors (Lipinski definition) is 3. The quantitative estimate of drug-likeness (QED) is 0.638. The lowest BCUT2D eigenvalue weighted by atomic mass is 10.2. The van der Waals surface area contributed by atoms with Crippen molar-refractivity contribution >= 4 is 29.2 Å². The highest BCUT2D eigenvalue weighted by Crippen LogP contribution is 2.32. The largest absolute Gasteiger partial charge is 0.376 e. The second-order valence-corrected chi connectivity index (χ2v) is 5.15. The van der Waals surface area contributed by atoms with E-state index in [1.807, 2.05) is 0 Å². The van der Waals surface area contributed by atoms with Gasteiger partial charge >= 0.3 is 0 Å². The van der Waals surface area contributed by atoms with Crippen molar-refractivity contribution in [2.45, 2.75) is 18.9 Å². The Labute approximate surface area is 96.9 Å². The van der Waals surface area contributed by atoms with Gasteiger partial charge in [-0.25, -0.2) is 0 Å². The molecule has 1 fully saturated rings. The van der Waals surface area contributed by atoms with E-state index < -0.39 is 6.10 Å². The molecule has 1 N–H and O–H groups in total. The number of rotatable bonds is 2. The molecule has 4 heteroatoms. The third kappa shape index (κ3) is 2.60. The molecule has 78 valence electrons. The van der Waals surface area contributed by atoms with Crippen LogP contribution < -0.4 is 0 Å². The summed E-state index contributed by atoms with van der Waals surface area (Å²) in [7, 11) is 0. The van der Waals surface area contributed by atoms with Crippen molar-refractivity contribution in [2.24, 2.45) is 5.92 Å². The van der Waals surface area contributed by atoms with Crippen LogP contribution in [0.15, 0.2) is 6.07 Å². The molecule has 0 amide bonds. The van der Waals surface area contributed by atoms with Gasteiger partial charge in [-0.3, -0.25) is 4.79 Å². The highest BCUT2D eigenvalue weighted by Gasteiger charge is 2.19. The molecule has 1 aromatic rings. The van der Waals surface area contributed by atoms with E-state index in [9.17, 15) is 9.90 Å². The Kier molecular flexibility index (Phi) is 3.11. The van der Waals surface area contributed by atoms with Gasteiger partial charge in [0.25, 0.3) is 0 Å². The van der Waals surface area contributed by atoms with E-state index in [1.165, 1.54) is 0 Å². The van der Waals surface area contributed by atoms with E-state index in [0.29, 0.717) is 20.7 Å². The van der Waals surface area contributed by atoms with Crippen LogP contribution in [0.25, 0.3) is 0 Å². The van der Waals surface area contributed by atoms with Gasteiger partial charge in [-0.1, -0.05) is 23.4 Å². The van der Waals surface area contributed by atoms with Crippen LogP contribution in [0.5, 0.6) is 0 Å². The van der Waals surface area contributed by atoms with E-state index >= 15 is 0 Å². The van der Waals surface area contributed by atoms with Gasteiger partial charge in [-0.05, 0) is 18.9 Å². The van der Waals surface area contributed by atoms with Crippen LogP contribution in [-0.4, -0.2) is 11.4 Å². The standard InChI is InChI=1S/C11H9ClO2S/c12-11-9(5-8(6-13)15-11)10(14)4-3-7-1-2-7/h5-7,10,14H,1-2H2/t10-/m0/s1. The maximum absolute atomic E-state index is 10.5. The summed E-state index contributed by atoms with van der Waals surface area (Å²) in [5, 5.41) is 9.72. The fraction of sp³-hybridized carbons (Fsp3) is 0.364. The van der Waals surface area contributed by atoms with Crippen molar-refractivity contribution in [2.75, 3.05) is 0 Å². The van der Waals surface area contributed by atoms with Crippen molar-refractivity contribution in [3.8, 4) is 11.8 Å².